The standard InChI is InChI=1S/C9H18O3Si/c1-6-12-9(13(4)5)7(2)8(10)11-3/h13H,6H2,1-5H3. The molecule has 13 heavy (non-hydrogen) atoms. The van der Waals surface area contributed by atoms with Crippen LogP contribution in [0.4, 0.5) is 0 Å². The highest BCUT2D eigenvalue weighted by Gasteiger charge is 2.15. The molecule has 0 saturated carbocycles. The van der Waals surface area contributed by atoms with Crippen molar-refractivity contribution in [2.75, 3.05) is 13.7 Å². The number of carbonyl (C=O) groups is 1. The molecular weight excluding hydrogens is 184 g/mol. The smallest absolute Gasteiger partial charge is 0.336 e. The quantitative estimate of drug-likeness (QED) is 0.300. The van der Waals surface area contributed by atoms with Gasteiger partial charge in [0.2, 0.25) is 0 Å². The summed E-state index contributed by atoms with van der Waals surface area (Å²) in [4.78, 5) is 11.2. The molecule has 0 N–H and O–H groups in total. The predicted molar refractivity (Wildman–Crippen MR) is 55.2 cm³/mol. The highest BCUT2D eigenvalue weighted by atomic mass is 28.3. The highest BCUT2D eigenvalue weighted by Crippen LogP contribution is 2.11. The van der Waals surface area contributed by atoms with E-state index in [9.17, 15) is 4.79 Å². The predicted octanol–water partition coefficient (Wildman–Crippen LogP) is 1.50. The van der Waals surface area contributed by atoms with E-state index in [0.717, 1.165) is 5.38 Å². The third kappa shape index (κ3) is 3.63. The van der Waals surface area contributed by atoms with E-state index in [1.807, 2.05) is 6.92 Å². The van der Waals surface area contributed by atoms with E-state index in [-0.39, 0.29) is 5.97 Å². The normalized spacial score (nSPS) is 12.5. The lowest BCUT2D eigenvalue weighted by molar-refractivity contribution is -0.136. The topological polar surface area (TPSA) is 35.5 Å². The van der Waals surface area contributed by atoms with Gasteiger partial charge in [0.25, 0.3) is 0 Å². The maximum atomic E-state index is 11.2. The van der Waals surface area contributed by atoms with E-state index in [0.29, 0.717) is 12.2 Å². The molecule has 0 aromatic carbocycles. The second-order valence-electron chi connectivity index (χ2n) is 3.07. The molecule has 4 heteroatoms. The van der Waals surface area contributed by atoms with Crippen molar-refractivity contribution >= 4 is 14.8 Å². The van der Waals surface area contributed by atoms with Crippen molar-refractivity contribution in [3.05, 3.63) is 11.0 Å². The van der Waals surface area contributed by atoms with Gasteiger partial charge in [0.15, 0.2) is 0 Å². The summed E-state index contributed by atoms with van der Waals surface area (Å²) < 4.78 is 10.1. The fourth-order valence-corrected chi connectivity index (χ4v) is 2.60. The van der Waals surface area contributed by atoms with Gasteiger partial charge >= 0.3 is 5.97 Å². The number of carbonyl (C=O) groups excluding carboxylic acids is 1. The van der Waals surface area contributed by atoms with Gasteiger partial charge in [0.05, 0.1) is 24.7 Å². The largest absolute Gasteiger partial charge is 0.503 e. The van der Waals surface area contributed by atoms with Crippen molar-refractivity contribution in [1.29, 1.82) is 0 Å². The molecule has 0 heterocycles. The van der Waals surface area contributed by atoms with Crippen LogP contribution in [-0.2, 0) is 14.3 Å². The Morgan fingerprint density at radius 3 is 2.23 bits per heavy atom. The molecule has 76 valence electrons. The van der Waals surface area contributed by atoms with E-state index in [2.05, 4.69) is 17.8 Å². The lowest BCUT2D eigenvalue weighted by Gasteiger charge is -2.14. The first-order chi connectivity index (χ1) is 6.04. The van der Waals surface area contributed by atoms with Gasteiger partial charge in [0, 0.05) is 0 Å². The Balaban J connectivity index is 4.74. The second kappa shape index (κ2) is 5.80. The Morgan fingerprint density at radius 1 is 1.38 bits per heavy atom. The lowest BCUT2D eigenvalue weighted by Crippen LogP contribution is -2.16. The average Bonchev–Trinajstić information content (AvgIpc) is 2.11. The van der Waals surface area contributed by atoms with Crippen molar-refractivity contribution in [3.63, 3.8) is 0 Å². The van der Waals surface area contributed by atoms with Crippen LogP contribution in [0.15, 0.2) is 11.0 Å². The molecule has 0 rings (SSSR count). The molecule has 0 atom stereocenters. The van der Waals surface area contributed by atoms with Crippen molar-refractivity contribution in [1.82, 2.24) is 0 Å². The number of rotatable bonds is 4. The molecule has 0 saturated heterocycles. The fourth-order valence-electron chi connectivity index (χ4n) is 1.12. The van der Waals surface area contributed by atoms with E-state index in [1.54, 1.807) is 6.92 Å². The first-order valence-electron chi connectivity index (χ1n) is 4.46. The summed E-state index contributed by atoms with van der Waals surface area (Å²) in [6, 6.07) is 0. The Kier molecular flexibility index (Phi) is 5.46. The minimum absolute atomic E-state index is 0.287. The molecule has 0 spiro atoms. The van der Waals surface area contributed by atoms with Crippen LogP contribution in [0.25, 0.3) is 0 Å². The number of esters is 1. The van der Waals surface area contributed by atoms with Crippen LogP contribution < -0.4 is 0 Å². The molecule has 0 aliphatic carbocycles. The molecule has 0 aromatic heterocycles. The van der Waals surface area contributed by atoms with Crippen molar-refractivity contribution in [2.24, 2.45) is 0 Å². The van der Waals surface area contributed by atoms with Crippen molar-refractivity contribution in [2.45, 2.75) is 26.9 Å². The van der Waals surface area contributed by atoms with Crippen LogP contribution in [0, 0.1) is 0 Å². The monoisotopic (exact) mass is 202 g/mol. The zero-order valence-electron chi connectivity index (χ0n) is 9.01. The van der Waals surface area contributed by atoms with Crippen LogP contribution >= 0.6 is 0 Å². The first kappa shape index (κ1) is 12.2. The lowest BCUT2D eigenvalue weighted by atomic mass is 10.3. The van der Waals surface area contributed by atoms with Gasteiger partial charge in [-0.05, 0) is 13.8 Å². The van der Waals surface area contributed by atoms with Gasteiger partial charge in [-0.2, -0.15) is 0 Å². The summed E-state index contributed by atoms with van der Waals surface area (Å²) >= 11 is 0. The average molecular weight is 202 g/mol. The maximum absolute atomic E-state index is 11.2. The molecule has 0 amide bonds. The van der Waals surface area contributed by atoms with E-state index < -0.39 is 8.80 Å². The molecule has 0 bridgehead atoms. The van der Waals surface area contributed by atoms with Crippen LogP contribution in [0.1, 0.15) is 13.8 Å². The van der Waals surface area contributed by atoms with Gasteiger partial charge in [-0.3, -0.25) is 0 Å². The summed E-state index contributed by atoms with van der Waals surface area (Å²) in [5, 5.41) is 0.856. The number of hydrogen-bond acceptors (Lipinski definition) is 3. The van der Waals surface area contributed by atoms with Gasteiger partial charge in [-0.15, -0.1) is 0 Å². The van der Waals surface area contributed by atoms with Crippen LogP contribution in [-0.4, -0.2) is 28.5 Å². The van der Waals surface area contributed by atoms with Crippen LogP contribution in [0.2, 0.25) is 13.1 Å². The molecule has 0 aliphatic rings. The maximum Gasteiger partial charge on any atom is 0.336 e. The number of methoxy groups -OCH3 is 1. The third-order valence-corrected chi connectivity index (χ3v) is 3.33. The minimum atomic E-state index is -1.07. The zero-order valence-corrected chi connectivity index (χ0v) is 10.2. The Bertz CT molecular complexity index is 209. The Morgan fingerprint density at radius 2 is 1.92 bits per heavy atom. The van der Waals surface area contributed by atoms with Crippen molar-refractivity contribution in [3.8, 4) is 0 Å². The number of hydrogen-bond donors (Lipinski definition) is 0. The number of ether oxygens (including phenoxy) is 2. The van der Waals surface area contributed by atoms with Crippen molar-refractivity contribution < 1.29 is 14.3 Å². The molecular formula is C9H18O3Si. The summed E-state index contributed by atoms with van der Waals surface area (Å²) in [5.41, 5.74) is 0.617. The Labute approximate surface area is 81.3 Å². The first-order valence-corrected chi connectivity index (χ1v) is 7.35. The molecule has 0 aromatic rings. The zero-order chi connectivity index (χ0) is 10.4. The molecule has 0 unspecified atom stereocenters. The summed E-state index contributed by atoms with van der Waals surface area (Å²) in [6.45, 7) is 8.52. The summed E-state index contributed by atoms with van der Waals surface area (Å²) in [5.74, 6) is -0.287. The van der Waals surface area contributed by atoms with Gasteiger partial charge < -0.3 is 9.47 Å². The molecule has 3 nitrogen and oxygen atoms in total. The van der Waals surface area contributed by atoms with E-state index in [4.69, 9.17) is 4.74 Å². The van der Waals surface area contributed by atoms with Crippen LogP contribution in [0.5, 0.6) is 0 Å². The summed E-state index contributed by atoms with van der Waals surface area (Å²) in [7, 11) is 0.312. The van der Waals surface area contributed by atoms with Gasteiger partial charge in [-0.1, -0.05) is 13.1 Å². The fraction of sp³-hybridized carbons (Fsp3) is 0.667. The Hall–Kier alpha value is -0.773. The molecule has 0 fully saturated rings. The SMILES string of the molecule is CCOC(=C(C)C(=O)OC)[SiH](C)C. The van der Waals surface area contributed by atoms with E-state index in [1.165, 1.54) is 7.11 Å². The second-order valence-corrected chi connectivity index (χ2v) is 5.90. The highest BCUT2D eigenvalue weighted by molar-refractivity contribution is 6.63. The molecule has 0 radical (unpaired) electrons. The van der Waals surface area contributed by atoms with Gasteiger partial charge in [-0.25, -0.2) is 4.79 Å². The minimum Gasteiger partial charge on any atom is -0.503 e. The summed E-state index contributed by atoms with van der Waals surface area (Å²) in [6.07, 6.45) is 0. The van der Waals surface area contributed by atoms with Crippen LogP contribution in [0.3, 0.4) is 0 Å². The van der Waals surface area contributed by atoms with E-state index >= 15 is 0 Å². The molecule has 0 aliphatic heterocycles. The van der Waals surface area contributed by atoms with Gasteiger partial charge in [0.1, 0.15) is 8.80 Å². The third-order valence-electron chi connectivity index (χ3n) is 1.69.